The maximum atomic E-state index is 8.70. The first-order valence-corrected chi connectivity index (χ1v) is 5.33. The van der Waals surface area contributed by atoms with Crippen molar-refractivity contribution in [2.75, 3.05) is 13.6 Å². The van der Waals surface area contributed by atoms with Crippen LogP contribution in [0.2, 0.25) is 0 Å². The van der Waals surface area contributed by atoms with E-state index in [0.29, 0.717) is 5.41 Å². The molecule has 0 radical (unpaired) electrons. The zero-order valence-corrected chi connectivity index (χ0v) is 8.42. The third-order valence-corrected chi connectivity index (χ3v) is 3.69. The molecule has 0 aliphatic heterocycles. The molecular weight excluding hydrogens is 160 g/mol. The average molecular weight is 178 g/mol. The predicted molar refractivity (Wildman–Crippen MR) is 52.2 cm³/mol. The van der Waals surface area contributed by atoms with E-state index in [0.717, 1.165) is 19.0 Å². The predicted octanol–water partition coefficient (Wildman–Crippen LogP) is 2.16. The lowest BCUT2D eigenvalue weighted by Gasteiger charge is -2.36. The molecule has 13 heavy (non-hydrogen) atoms. The molecule has 2 aliphatic carbocycles. The summed E-state index contributed by atoms with van der Waals surface area (Å²) in [6.45, 7) is 1.16. The molecule has 0 aromatic rings. The largest absolute Gasteiger partial charge is 0.303 e. The van der Waals surface area contributed by atoms with Crippen molar-refractivity contribution in [1.82, 2.24) is 4.90 Å². The van der Waals surface area contributed by atoms with Gasteiger partial charge in [-0.05, 0) is 38.1 Å². The maximum Gasteiger partial charge on any atom is 0.0628 e. The second-order valence-corrected chi connectivity index (χ2v) is 4.83. The van der Waals surface area contributed by atoms with Crippen LogP contribution in [0.15, 0.2) is 0 Å². The molecule has 2 nitrogen and oxygen atoms in total. The van der Waals surface area contributed by atoms with E-state index in [1.807, 2.05) is 0 Å². The number of hydrogen-bond donors (Lipinski definition) is 0. The van der Waals surface area contributed by atoms with Crippen LogP contribution in [0.5, 0.6) is 0 Å². The Morgan fingerprint density at radius 1 is 1.46 bits per heavy atom. The number of rotatable bonds is 4. The summed E-state index contributed by atoms with van der Waals surface area (Å²) in [4.78, 5) is 2.48. The Morgan fingerprint density at radius 3 is 2.54 bits per heavy atom. The fourth-order valence-corrected chi connectivity index (χ4v) is 2.22. The molecule has 2 heteroatoms. The van der Waals surface area contributed by atoms with Crippen LogP contribution in [0.1, 0.15) is 38.5 Å². The van der Waals surface area contributed by atoms with Crippen LogP contribution in [0.4, 0.5) is 0 Å². The van der Waals surface area contributed by atoms with Gasteiger partial charge in [0.25, 0.3) is 0 Å². The van der Waals surface area contributed by atoms with Gasteiger partial charge < -0.3 is 4.90 Å². The fourth-order valence-electron chi connectivity index (χ4n) is 2.22. The number of hydrogen-bond acceptors (Lipinski definition) is 2. The lowest BCUT2D eigenvalue weighted by atomic mass is 9.90. The van der Waals surface area contributed by atoms with Gasteiger partial charge >= 0.3 is 0 Å². The van der Waals surface area contributed by atoms with Crippen LogP contribution in [0.3, 0.4) is 0 Å². The normalized spacial score (nSPS) is 25.3. The highest BCUT2D eigenvalue weighted by molar-refractivity contribution is 5.01. The molecule has 2 saturated carbocycles. The van der Waals surface area contributed by atoms with E-state index in [4.69, 9.17) is 5.26 Å². The first-order valence-electron chi connectivity index (χ1n) is 5.33. The summed E-state index contributed by atoms with van der Waals surface area (Å²) in [7, 11) is 2.22. The smallest absolute Gasteiger partial charge is 0.0628 e. The third-order valence-electron chi connectivity index (χ3n) is 3.69. The van der Waals surface area contributed by atoms with E-state index in [1.54, 1.807) is 0 Å². The Labute approximate surface area is 80.5 Å². The van der Waals surface area contributed by atoms with Gasteiger partial charge in [-0.15, -0.1) is 0 Å². The van der Waals surface area contributed by atoms with E-state index in [9.17, 15) is 0 Å². The molecule has 2 fully saturated rings. The minimum Gasteiger partial charge on any atom is -0.303 e. The summed E-state index contributed by atoms with van der Waals surface area (Å²) >= 11 is 0. The SMILES string of the molecule is CN(CC1(CC#N)CC1)C1CCC1. The van der Waals surface area contributed by atoms with Gasteiger partial charge in [0.05, 0.1) is 6.07 Å². The van der Waals surface area contributed by atoms with Crippen molar-refractivity contribution in [3.63, 3.8) is 0 Å². The molecule has 0 amide bonds. The van der Waals surface area contributed by atoms with Crippen LogP contribution >= 0.6 is 0 Å². The van der Waals surface area contributed by atoms with Gasteiger partial charge in [-0.1, -0.05) is 6.42 Å². The Balaban J connectivity index is 1.79. The van der Waals surface area contributed by atoms with Crippen molar-refractivity contribution in [2.24, 2.45) is 5.41 Å². The quantitative estimate of drug-likeness (QED) is 0.659. The molecule has 72 valence electrons. The zero-order chi connectivity index (χ0) is 9.31. The molecular formula is C11H18N2. The molecule has 0 aromatic heterocycles. The second kappa shape index (κ2) is 3.31. The molecule has 0 bridgehead atoms. The summed E-state index contributed by atoms with van der Waals surface area (Å²) in [5, 5.41) is 8.70. The van der Waals surface area contributed by atoms with Crippen LogP contribution in [-0.4, -0.2) is 24.5 Å². The summed E-state index contributed by atoms with van der Waals surface area (Å²) < 4.78 is 0. The van der Waals surface area contributed by atoms with E-state index in [2.05, 4.69) is 18.0 Å². The van der Waals surface area contributed by atoms with E-state index in [-0.39, 0.29) is 0 Å². The lowest BCUT2D eigenvalue weighted by molar-refractivity contribution is 0.132. The first kappa shape index (κ1) is 9.02. The number of nitriles is 1. The molecule has 2 rings (SSSR count). The van der Waals surface area contributed by atoms with E-state index >= 15 is 0 Å². The van der Waals surface area contributed by atoms with Gasteiger partial charge in [0.2, 0.25) is 0 Å². The molecule has 0 spiro atoms. The average Bonchev–Trinajstić information content (AvgIpc) is 2.65. The summed E-state index contributed by atoms with van der Waals surface area (Å²) in [5.41, 5.74) is 0.402. The van der Waals surface area contributed by atoms with Crippen molar-refractivity contribution in [2.45, 2.75) is 44.6 Å². The van der Waals surface area contributed by atoms with Gasteiger partial charge in [0.15, 0.2) is 0 Å². The standard InChI is InChI=1S/C11H18N2/c1-13(10-3-2-4-10)9-11(5-6-11)7-8-12/h10H,2-7,9H2,1H3. The van der Waals surface area contributed by atoms with Crippen molar-refractivity contribution in [3.8, 4) is 6.07 Å². The summed E-state index contributed by atoms with van der Waals surface area (Å²) in [5.74, 6) is 0. The van der Waals surface area contributed by atoms with Gasteiger partial charge in [-0.2, -0.15) is 5.26 Å². The Bertz CT molecular complexity index is 221. The van der Waals surface area contributed by atoms with Gasteiger partial charge in [-0.25, -0.2) is 0 Å². The topological polar surface area (TPSA) is 27.0 Å². The highest BCUT2D eigenvalue weighted by Crippen LogP contribution is 2.49. The highest BCUT2D eigenvalue weighted by atomic mass is 15.1. The molecule has 2 aliphatic rings. The van der Waals surface area contributed by atoms with Crippen LogP contribution in [0, 0.1) is 16.7 Å². The maximum absolute atomic E-state index is 8.70. The fraction of sp³-hybridized carbons (Fsp3) is 0.909. The number of nitrogens with zero attached hydrogens (tertiary/aromatic N) is 2. The second-order valence-electron chi connectivity index (χ2n) is 4.83. The van der Waals surface area contributed by atoms with Crippen molar-refractivity contribution < 1.29 is 0 Å². The van der Waals surface area contributed by atoms with Crippen molar-refractivity contribution in [1.29, 1.82) is 5.26 Å². The molecule has 0 atom stereocenters. The van der Waals surface area contributed by atoms with Crippen molar-refractivity contribution >= 4 is 0 Å². The Morgan fingerprint density at radius 2 is 2.15 bits per heavy atom. The Hall–Kier alpha value is -0.550. The van der Waals surface area contributed by atoms with E-state index < -0.39 is 0 Å². The minimum absolute atomic E-state index is 0.402. The van der Waals surface area contributed by atoms with Crippen LogP contribution in [-0.2, 0) is 0 Å². The van der Waals surface area contributed by atoms with Crippen LogP contribution < -0.4 is 0 Å². The monoisotopic (exact) mass is 178 g/mol. The van der Waals surface area contributed by atoms with Gasteiger partial charge in [0.1, 0.15) is 0 Å². The molecule has 0 heterocycles. The molecule has 0 aromatic carbocycles. The zero-order valence-electron chi connectivity index (χ0n) is 8.42. The first-order chi connectivity index (χ1) is 6.26. The third kappa shape index (κ3) is 1.86. The Kier molecular flexibility index (Phi) is 2.29. The lowest BCUT2D eigenvalue weighted by Crippen LogP contribution is -2.40. The molecule has 0 N–H and O–H groups in total. The van der Waals surface area contributed by atoms with Crippen LogP contribution in [0.25, 0.3) is 0 Å². The van der Waals surface area contributed by atoms with E-state index in [1.165, 1.54) is 32.1 Å². The summed E-state index contributed by atoms with van der Waals surface area (Å²) in [6.07, 6.45) is 7.47. The summed E-state index contributed by atoms with van der Waals surface area (Å²) in [6, 6.07) is 3.15. The van der Waals surface area contributed by atoms with Crippen molar-refractivity contribution in [3.05, 3.63) is 0 Å². The molecule has 0 unspecified atom stereocenters. The van der Waals surface area contributed by atoms with Gasteiger partial charge in [-0.3, -0.25) is 0 Å². The van der Waals surface area contributed by atoms with Gasteiger partial charge in [0, 0.05) is 19.0 Å². The minimum atomic E-state index is 0.402. The highest BCUT2D eigenvalue weighted by Gasteiger charge is 2.44. The molecule has 0 saturated heterocycles.